The third-order valence-corrected chi connectivity index (χ3v) is 3.75. The van der Waals surface area contributed by atoms with Crippen molar-refractivity contribution in [1.82, 2.24) is 5.32 Å². The summed E-state index contributed by atoms with van der Waals surface area (Å²) in [4.78, 5) is 23.5. The molecule has 0 aromatic heterocycles. The number of aliphatic carboxylic acids is 1. The molecule has 1 aromatic rings. The maximum atomic E-state index is 12.3. The lowest BCUT2D eigenvalue weighted by Crippen LogP contribution is -2.45. The Morgan fingerprint density at radius 2 is 1.95 bits per heavy atom. The van der Waals surface area contributed by atoms with Crippen LogP contribution < -0.4 is 10.1 Å². The maximum Gasteiger partial charge on any atom is 0.308 e. The third kappa shape index (κ3) is 3.10. The van der Waals surface area contributed by atoms with E-state index in [9.17, 15) is 14.7 Å². The molecule has 0 radical (unpaired) electrons. The van der Waals surface area contributed by atoms with E-state index in [1.807, 2.05) is 0 Å². The molecule has 108 valence electrons. The van der Waals surface area contributed by atoms with Crippen LogP contribution in [0, 0.1) is 5.92 Å². The quantitative estimate of drug-likeness (QED) is 0.883. The average molecular weight is 277 g/mol. The van der Waals surface area contributed by atoms with Gasteiger partial charge in [-0.15, -0.1) is 0 Å². The summed E-state index contributed by atoms with van der Waals surface area (Å²) in [6, 6.07) is 6.62. The molecule has 0 heterocycles. The number of nitrogens with one attached hydrogen (secondary N) is 1. The smallest absolute Gasteiger partial charge is 0.308 e. The Labute approximate surface area is 117 Å². The molecule has 20 heavy (non-hydrogen) atoms. The monoisotopic (exact) mass is 277 g/mol. The van der Waals surface area contributed by atoms with E-state index in [1.165, 1.54) is 7.11 Å². The molecule has 1 saturated carbocycles. The first-order valence-corrected chi connectivity index (χ1v) is 6.80. The van der Waals surface area contributed by atoms with Gasteiger partial charge in [0.2, 0.25) is 0 Å². The summed E-state index contributed by atoms with van der Waals surface area (Å²) in [6.07, 6.45) is 3.17. The van der Waals surface area contributed by atoms with E-state index < -0.39 is 11.9 Å². The number of amides is 1. The summed E-state index contributed by atoms with van der Waals surface area (Å²) in [6.45, 7) is 0. The topological polar surface area (TPSA) is 75.6 Å². The van der Waals surface area contributed by atoms with Gasteiger partial charge in [0.25, 0.3) is 5.91 Å². The SMILES string of the molecule is COc1ccccc1C(=O)NC1CCCCC1C(=O)O. The van der Waals surface area contributed by atoms with Crippen LogP contribution in [0.4, 0.5) is 0 Å². The lowest BCUT2D eigenvalue weighted by Gasteiger charge is -2.29. The molecule has 2 rings (SSSR count). The van der Waals surface area contributed by atoms with Crippen LogP contribution >= 0.6 is 0 Å². The molecule has 1 aliphatic carbocycles. The van der Waals surface area contributed by atoms with E-state index in [-0.39, 0.29) is 11.9 Å². The highest BCUT2D eigenvalue weighted by Crippen LogP contribution is 2.26. The minimum atomic E-state index is -0.838. The van der Waals surface area contributed by atoms with Gasteiger partial charge in [-0.05, 0) is 25.0 Å². The van der Waals surface area contributed by atoms with Crippen molar-refractivity contribution in [2.45, 2.75) is 31.7 Å². The highest BCUT2D eigenvalue weighted by atomic mass is 16.5. The number of para-hydroxylation sites is 1. The van der Waals surface area contributed by atoms with Crippen LogP contribution in [0.15, 0.2) is 24.3 Å². The predicted octanol–water partition coefficient (Wildman–Crippen LogP) is 2.07. The zero-order valence-electron chi connectivity index (χ0n) is 11.5. The summed E-state index contributed by atoms with van der Waals surface area (Å²) in [5.41, 5.74) is 0.435. The molecule has 2 unspecified atom stereocenters. The van der Waals surface area contributed by atoms with Crippen LogP contribution in [0.2, 0.25) is 0 Å². The zero-order chi connectivity index (χ0) is 14.5. The zero-order valence-corrected chi connectivity index (χ0v) is 11.5. The van der Waals surface area contributed by atoms with Gasteiger partial charge in [0, 0.05) is 6.04 Å². The number of hydrogen-bond acceptors (Lipinski definition) is 3. The molecular weight excluding hydrogens is 258 g/mol. The van der Waals surface area contributed by atoms with E-state index in [2.05, 4.69) is 5.32 Å². The van der Waals surface area contributed by atoms with Gasteiger partial charge in [0.15, 0.2) is 0 Å². The molecule has 0 spiro atoms. The summed E-state index contributed by atoms with van der Waals surface area (Å²) in [5, 5.41) is 12.1. The first-order valence-electron chi connectivity index (χ1n) is 6.80. The second-order valence-corrected chi connectivity index (χ2v) is 5.01. The molecule has 0 aliphatic heterocycles. The van der Waals surface area contributed by atoms with Crippen LogP contribution in [-0.2, 0) is 4.79 Å². The first-order chi connectivity index (χ1) is 9.63. The Balaban J connectivity index is 2.11. The van der Waals surface area contributed by atoms with Gasteiger partial charge in [0.1, 0.15) is 5.75 Å². The van der Waals surface area contributed by atoms with Gasteiger partial charge in [-0.1, -0.05) is 25.0 Å². The number of ether oxygens (including phenoxy) is 1. The first kappa shape index (κ1) is 14.4. The van der Waals surface area contributed by atoms with Crippen molar-refractivity contribution >= 4 is 11.9 Å². The number of carbonyl (C=O) groups is 2. The number of carboxylic acid groups (broad SMARTS) is 1. The van der Waals surface area contributed by atoms with E-state index >= 15 is 0 Å². The standard InChI is InChI=1S/C15H19NO4/c1-20-13-9-5-3-7-11(13)14(17)16-12-8-4-2-6-10(12)15(18)19/h3,5,7,9-10,12H,2,4,6,8H2,1H3,(H,16,17)(H,18,19). The highest BCUT2D eigenvalue weighted by molar-refractivity contribution is 5.97. The minimum Gasteiger partial charge on any atom is -0.496 e. The minimum absolute atomic E-state index is 0.277. The number of carbonyl (C=O) groups excluding carboxylic acids is 1. The fourth-order valence-electron chi connectivity index (χ4n) is 2.68. The lowest BCUT2D eigenvalue weighted by molar-refractivity contribution is -0.143. The van der Waals surface area contributed by atoms with Crippen LogP contribution in [0.1, 0.15) is 36.0 Å². The third-order valence-electron chi connectivity index (χ3n) is 3.75. The Morgan fingerprint density at radius 3 is 2.65 bits per heavy atom. The molecule has 1 aromatic carbocycles. The van der Waals surface area contributed by atoms with E-state index in [0.29, 0.717) is 24.2 Å². The second kappa shape index (κ2) is 6.41. The van der Waals surface area contributed by atoms with Crippen LogP contribution in [-0.4, -0.2) is 30.1 Å². The Hall–Kier alpha value is -2.04. The molecule has 0 bridgehead atoms. The highest BCUT2D eigenvalue weighted by Gasteiger charge is 2.32. The van der Waals surface area contributed by atoms with E-state index in [0.717, 1.165) is 12.8 Å². The average Bonchev–Trinajstić information content (AvgIpc) is 2.47. The summed E-state index contributed by atoms with van der Waals surface area (Å²) in [5.74, 6) is -1.12. The van der Waals surface area contributed by atoms with Gasteiger partial charge in [-0.3, -0.25) is 9.59 Å². The van der Waals surface area contributed by atoms with Gasteiger partial charge in [-0.2, -0.15) is 0 Å². The Bertz CT molecular complexity index is 500. The fraction of sp³-hybridized carbons (Fsp3) is 0.467. The number of methoxy groups -OCH3 is 1. The Kier molecular flexibility index (Phi) is 4.61. The molecule has 2 N–H and O–H groups in total. The van der Waals surface area contributed by atoms with Gasteiger partial charge in [0.05, 0.1) is 18.6 Å². The molecule has 0 saturated heterocycles. The molecule has 5 heteroatoms. The summed E-state index contributed by atoms with van der Waals surface area (Å²) in [7, 11) is 1.51. The molecule has 2 atom stereocenters. The Morgan fingerprint density at radius 1 is 1.25 bits per heavy atom. The fourth-order valence-corrected chi connectivity index (χ4v) is 2.68. The predicted molar refractivity (Wildman–Crippen MR) is 73.8 cm³/mol. The van der Waals surface area contributed by atoms with Crippen molar-refractivity contribution in [1.29, 1.82) is 0 Å². The number of hydrogen-bond donors (Lipinski definition) is 2. The van der Waals surface area contributed by atoms with Crippen LogP contribution in [0.25, 0.3) is 0 Å². The van der Waals surface area contributed by atoms with E-state index in [1.54, 1.807) is 24.3 Å². The van der Waals surface area contributed by atoms with Crippen molar-refractivity contribution in [2.75, 3.05) is 7.11 Å². The van der Waals surface area contributed by atoms with Crippen LogP contribution in [0.5, 0.6) is 5.75 Å². The number of benzene rings is 1. The normalized spacial score (nSPS) is 22.1. The number of rotatable bonds is 4. The van der Waals surface area contributed by atoms with Crippen LogP contribution in [0.3, 0.4) is 0 Å². The molecule has 1 aliphatic rings. The summed E-state index contributed by atoms with van der Waals surface area (Å²) >= 11 is 0. The van der Waals surface area contributed by atoms with Gasteiger partial charge < -0.3 is 15.2 Å². The molecule has 5 nitrogen and oxygen atoms in total. The van der Waals surface area contributed by atoms with Crippen molar-refractivity contribution in [3.05, 3.63) is 29.8 Å². The molecule has 1 amide bonds. The van der Waals surface area contributed by atoms with Crippen molar-refractivity contribution < 1.29 is 19.4 Å². The number of carboxylic acids is 1. The van der Waals surface area contributed by atoms with E-state index in [4.69, 9.17) is 4.74 Å². The lowest BCUT2D eigenvalue weighted by atomic mass is 9.84. The van der Waals surface area contributed by atoms with Crippen molar-refractivity contribution in [3.63, 3.8) is 0 Å². The summed E-state index contributed by atoms with van der Waals surface area (Å²) < 4.78 is 5.15. The van der Waals surface area contributed by atoms with Crippen molar-refractivity contribution in [3.8, 4) is 5.75 Å². The second-order valence-electron chi connectivity index (χ2n) is 5.01. The molecule has 1 fully saturated rings. The van der Waals surface area contributed by atoms with Gasteiger partial charge in [-0.25, -0.2) is 0 Å². The van der Waals surface area contributed by atoms with Crippen molar-refractivity contribution in [2.24, 2.45) is 5.92 Å². The molecular formula is C15H19NO4. The van der Waals surface area contributed by atoms with Gasteiger partial charge >= 0.3 is 5.97 Å². The largest absolute Gasteiger partial charge is 0.496 e. The maximum absolute atomic E-state index is 12.3.